The van der Waals surface area contributed by atoms with Crippen molar-refractivity contribution in [1.82, 2.24) is 9.97 Å². The molecule has 0 spiro atoms. The Morgan fingerprint density at radius 2 is 0.973 bits per heavy atom. The molecule has 4 aromatic rings. The third-order valence-corrected chi connectivity index (χ3v) is 9.21. The highest BCUT2D eigenvalue weighted by Crippen LogP contribution is 2.53. The van der Waals surface area contributed by atoms with Crippen LogP contribution in [0.15, 0.2) is 48.5 Å². The maximum absolute atomic E-state index is 12.7. The van der Waals surface area contributed by atoms with Gasteiger partial charge in [-0.3, -0.25) is 19.2 Å². The summed E-state index contributed by atoms with van der Waals surface area (Å²) in [5.74, 6) is -2.01. The number of hydrogen-bond acceptors (Lipinski definition) is 8. The Morgan fingerprint density at radius 3 is 1.38 bits per heavy atom. The van der Waals surface area contributed by atoms with Crippen LogP contribution in [0.25, 0.3) is 33.1 Å². The minimum atomic E-state index is -0.515. The average Bonchev–Trinajstić information content (AvgIpc) is 3.66. The Balaban J connectivity index is 1.31. The van der Waals surface area contributed by atoms with Gasteiger partial charge >= 0.3 is 0 Å². The average molecular weight is 521 g/mol. The van der Waals surface area contributed by atoms with Gasteiger partial charge in [0.05, 0.1) is 26.6 Å². The van der Waals surface area contributed by atoms with Gasteiger partial charge in [-0.2, -0.15) is 0 Å². The summed E-state index contributed by atoms with van der Waals surface area (Å²) in [6, 6.07) is 14.0. The van der Waals surface area contributed by atoms with Crippen LogP contribution in [-0.2, 0) is 15.0 Å². The summed E-state index contributed by atoms with van der Waals surface area (Å²) in [5.41, 5.74) is 4.11. The van der Waals surface area contributed by atoms with Gasteiger partial charge in [0, 0.05) is 22.3 Å². The van der Waals surface area contributed by atoms with Gasteiger partial charge < -0.3 is 0 Å². The first-order valence-corrected chi connectivity index (χ1v) is 13.2. The molecular formula is C29H16N2O4S2. The summed E-state index contributed by atoms with van der Waals surface area (Å²) in [6.07, 6.45) is 3.41. The Kier molecular flexibility index (Phi) is 4.44. The zero-order valence-electron chi connectivity index (χ0n) is 19.6. The van der Waals surface area contributed by atoms with Crippen molar-refractivity contribution in [2.75, 3.05) is 0 Å². The van der Waals surface area contributed by atoms with Gasteiger partial charge in [0.1, 0.15) is 10.0 Å². The van der Waals surface area contributed by atoms with Crippen LogP contribution >= 0.6 is 22.7 Å². The number of carbonyl (C=O) groups is 4. The predicted octanol–water partition coefficient (Wildman–Crippen LogP) is 5.52. The number of Topliss-reactive ketones (excluding diaryl/α,β-unsaturated/α-hetero) is 4. The minimum absolute atomic E-state index is 0.365. The molecule has 7 rings (SSSR count). The number of allylic oxidation sites excluding steroid dienone is 2. The third-order valence-electron chi connectivity index (χ3n) is 7.04. The summed E-state index contributed by atoms with van der Waals surface area (Å²) in [6.45, 7) is 4.09. The summed E-state index contributed by atoms with van der Waals surface area (Å²) in [5, 5.41) is 1.30. The second-order valence-corrected chi connectivity index (χ2v) is 11.7. The molecule has 37 heavy (non-hydrogen) atoms. The van der Waals surface area contributed by atoms with E-state index in [2.05, 4.69) is 0 Å². The molecule has 178 valence electrons. The maximum atomic E-state index is 12.7. The lowest BCUT2D eigenvalue weighted by molar-refractivity contribution is -0.110. The fraction of sp³-hybridized carbons (Fsp3) is 0.103. The number of aromatic nitrogens is 2. The maximum Gasteiger partial charge on any atom is 0.234 e. The highest BCUT2D eigenvalue weighted by molar-refractivity contribution is 7.23. The van der Waals surface area contributed by atoms with Crippen molar-refractivity contribution in [2.45, 2.75) is 19.3 Å². The van der Waals surface area contributed by atoms with E-state index in [1.165, 1.54) is 22.7 Å². The lowest BCUT2D eigenvalue weighted by atomic mass is 9.90. The molecule has 6 nitrogen and oxygen atoms in total. The molecule has 0 atom stereocenters. The van der Waals surface area contributed by atoms with Gasteiger partial charge in [-0.05, 0) is 37.1 Å². The summed E-state index contributed by atoms with van der Waals surface area (Å²) in [7, 11) is 0. The standard InChI is InChI=1S/C29H16N2O4S2/c1-29(2)27-25(36-19(30-27)11-17-13-7-3-5-9-15(13)21(32)23(17)34)26-28(29)31-20(37-26)12-18-14-8-4-6-10-16(14)22(33)24(18)35/h3-12H,1-2H3/b17-11-,18-12-. The second-order valence-electron chi connectivity index (χ2n) is 9.61. The molecule has 0 bridgehead atoms. The number of rotatable bonds is 2. The molecule has 0 saturated carbocycles. The number of hydrogen-bond donors (Lipinski definition) is 0. The van der Waals surface area contributed by atoms with Crippen molar-refractivity contribution >= 4 is 69.1 Å². The highest BCUT2D eigenvalue weighted by Gasteiger charge is 2.43. The van der Waals surface area contributed by atoms with Crippen LogP contribution in [0.3, 0.4) is 0 Å². The van der Waals surface area contributed by atoms with Crippen LogP contribution in [0, 0.1) is 0 Å². The second kappa shape index (κ2) is 7.44. The fourth-order valence-electron chi connectivity index (χ4n) is 5.16. The molecule has 2 aromatic carbocycles. The zero-order chi connectivity index (χ0) is 25.6. The summed E-state index contributed by atoms with van der Waals surface area (Å²) >= 11 is 2.91. The van der Waals surface area contributed by atoms with Gasteiger partial charge in [0.25, 0.3) is 0 Å². The molecule has 0 amide bonds. The van der Waals surface area contributed by atoms with Gasteiger partial charge in [-0.1, -0.05) is 48.5 Å². The smallest absolute Gasteiger partial charge is 0.234 e. The van der Waals surface area contributed by atoms with Gasteiger partial charge in [0.15, 0.2) is 0 Å². The molecule has 2 heterocycles. The van der Waals surface area contributed by atoms with Crippen molar-refractivity contribution in [1.29, 1.82) is 0 Å². The molecule has 0 radical (unpaired) electrons. The Bertz CT molecular complexity index is 1700. The molecule has 2 aromatic heterocycles. The quantitative estimate of drug-likeness (QED) is 0.255. The van der Waals surface area contributed by atoms with E-state index in [0.717, 1.165) is 21.1 Å². The minimum Gasteiger partial charge on any atom is -0.285 e. The molecule has 0 unspecified atom stereocenters. The number of thiazole rings is 2. The van der Waals surface area contributed by atoms with Crippen LogP contribution < -0.4 is 0 Å². The Hall–Kier alpha value is -4.14. The van der Waals surface area contributed by atoms with E-state index in [4.69, 9.17) is 9.97 Å². The molecule has 8 heteroatoms. The number of fused-ring (bicyclic) bond motifs is 5. The predicted molar refractivity (Wildman–Crippen MR) is 143 cm³/mol. The van der Waals surface area contributed by atoms with E-state index in [1.807, 2.05) is 26.0 Å². The third kappa shape index (κ3) is 2.97. The highest BCUT2D eigenvalue weighted by atomic mass is 32.1. The number of carbonyl (C=O) groups excluding carboxylic acids is 4. The van der Waals surface area contributed by atoms with E-state index >= 15 is 0 Å². The fourth-order valence-corrected chi connectivity index (χ4v) is 7.63. The molecular weight excluding hydrogens is 504 g/mol. The van der Waals surface area contributed by atoms with Crippen LogP contribution in [0.2, 0.25) is 0 Å². The zero-order valence-corrected chi connectivity index (χ0v) is 21.3. The van der Waals surface area contributed by atoms with Gasteiger partial charge in [-0.25, -0.2) is 9.97 Å². The van der Waals surface area contributed by atoms with E-state index in [1.54, 1.807) is 48.6 Å². The first-order valence-electron chi connectivity index (χ1n) is 11.6. The van der Waals surface area contributed by atoms with Gasteiger partial charge in [-0.15, -0.1) is 22.7 Å². The van der Waals surface area contributed by atoms with Gasteiger partial charge in [0.2, 0.25) is 23.1 Å². The first-order chi connectivity index (χ1) is 17.8. The molecule has 3 aliphatic rings. The summed E-state index contributed by atoms with van der Waals surface area (Å²) < 4.78 is 0. The molecule has 0 aliphatic heterocycles. The van der Waals surface area contributed by atoms with Crippen LogP contribution in [0.5, 0.6) is 0 Å². The molecule has 0 fully saturated rings. The monoisotopic (exact) mass is 520 g/mol. The number of nitrogens with zero attached hydrogens (tertiary/aromatic N) is 2. The lowest BCUT2D eigenvalue weighted by Gasteiger charge is -2.16. The SMILES string of the molecule is CC1(C)c2nc(/C=C3\C(=O)C(=O)c4ccccc43)sc2-c2sc(/C=C3\C(=O)C(=O)c4ccccc43)nc21. The van der Waals surface area contributed by atoms with Crippen molar-refractivity contribution in [3.05, 3.63) is 92.2 Å². The van der Waals surface area contributed by atoms with Crippen LogP contribution in [0.4, 0.5) is 0 Å². The topological polar surface area (TPSA) is 94.1 Å². The Labute approximate surface area is 219 Å². The number of ketones is 4. The van der Waals surface area contributed by atoms with Crippen molar-refractivity contribution < 1.29 is 19.2 Å². The van der Waals surface area contributed by atoms with Crippen molar-refractivity contribution in [3.8, 4) is 9.75 Å². The molecule has 3 aliphatic carbocycles. The lowest BCUT2D eigenvalue weighted by Crippen LogP contribution is -2.17. The first kappa shape index (κ1) is 22.1. The largest absolute Gasteiger partial charge is 0.285 e. The Morgan fingerprint density at radius 1 is 0.595 bits per heavy atom. The van der Waals surface area contributed by atoms with E-state index in [-0.39, 0.29) is 0 Å². The van der Waals surface area contributed by atoms with E-state index < -0.39 is 28.5 Å². The van der Waals surface area contributed by atoms with Crippen molar-refractivity contribution in [3.63, 3.8) is 0 Å². The summed E-state index contributed by atoms with van der Waals surface area (Å²) in [4.78, 5) is 61.8. The van der Waals surface area contributed by atoms with Crippen LogP contribution in [-0.4, -0.2) is 33.1 Å². The number of benzene rings is 2. The molecule has 0 N–H and O–H groups in total. The van der Waals surface area contributed by atoms with Crippen molar-refractivity contribution in [2.24, 2.45) is 0 Å². The normalized spacial score (nSPS) is 19.1. The van der Waals surface area contributed by atoms with E-state index in [9.17, 15) is 19.2 Å². The van der Waals surface area contributed by atoms with E-state index in [0.29, 0.717) is 43.4 Å². The molecule has 0 saturated heterocycles. The van der Waals surface area contributed by atoms with Crippen LogP contribution in [0.1, 0.15) is 67.1 Å².